The van der Waals surface area contributed by atoms with Gasteiger partial charge in [0.25, 0.3) is 11.8 Å². The Morgan fingerprint density at radius 1 is 1.05 bits per heavy atom. The Morgan fingerprint density at radius 2 is 1.84 bits per heavy atom. The van der Waals surface area contributed by atoms with Crippen LogP contribution >= 0.6 is 0 Å². The topological polar surface area (TPSA) is 118 Å². The molecule has 13 heteroatoms. The Labute approximate surface area is 206 Å². The van der Waals surface area contributed by atoms with E-state index in [1.54, 1.807) is 18.2 Å². The van der Waals surface area contributed by atoms with Gasteiger partial charge < -0.3 is 20.1 Å². The lowest BCUT2D eigenvalue weighted by Gasteiger charge is -2.13. The van der Waals surface area contributed by atoms with Crippen LogP contribution in [0.5, 0.6) is 11.6 Å². The number of fused-ring (bicyclic) bond motifs is 1. The van der Waals surface area contributed by atoms with Crippen molar-refractivity contribution in [1.29, 1.82) is 0 Å². The van der Waals surface area contributed by atoms with Gasteiger partial charge in [-0.2, -0.15) is 5.10 Å². The van der Waals surface area contributed by atoms with Crippen LogP contribution in [-0.2, 0) is 6.54 Å². The maximum absolute atomic E-state index is 14.1. The largest absolute Gasteiger partial charge is 0.573 e. The van der Waals surface area contributed by atoms with Crippen LogP contribution in [0.1, 0.15) is 26.4 Å². The summed E-state index contributed by atoms with van der Waals surface area (Å²) < 4.78 is 60.5. The molecule has 2 amide bonds. The van der Waals surface area contributed by atoms with E-state index in [1.165, 1.54) is 26.4 Å². The molecule has 2 aromatic heterocycles. The zero-order chi connectivity index (χ0) is 26.7. The molecule has 192 valence electrons. The number of alkyl halides is 3. The minimum absolute atomic E-state index is 0.0128. The van der Waals surface area contributed by atoms with Crippen LogP contribution in [-0.4, -0.2) is 47.5 Å². The number of H-pyrrole nitrogens is 1. The molecule has 0 bridgehead atoms. The minimum Gasteiger partial charge on any atom is -0.480 e. The molecular formula is C24H19F4N5O4. The lowest BCUT2D eigenvalue weighted by atomic mass is 10.0. The van der Waals surface area contributed by atoms with Gasteiger partial charge in [0.05, 0.1) is 12.6 Å². The number of benzene rings is 2. The van der Waals surface area contributed by atoms with Gasteiger partial charge in [-0.15, -0.1) is 13.2 Å². The maximum atomic E-state index is 14.1. The average Bonchev–Trinajstić information content (AvgIpc) is 3.30. The predicted octanol–water partition coefficient (Wildman–Crippen LogP) is 3.96. The number of hydrogen-bond donors (Lipinski definition) is 3. The molecule has 2 aromatic carbocycles. The molecule has 0 unspecified atom stereocenters. The molecule has 2 heterocycles. The number of nitrogens with one attached hydrogen (secondary N) is 3. The summed E-state index contributed by atoms with van der Waals surface area (Å²) in [7, 11) is 2.81. The fraction of sp³-hybridized carbons (Fsp3) is 0.167. The molecule has 0 saturated heterocycles. The number of aromatic amines is 1. The van der Waals surface area contributed by atoms with Crippen LogP contribution in [0.4, 0.5) is 17.6 Å². The number of pyridine rings is 1. The van der Waals surface area contributed by atoms with Crippen molar-refractivity contribution in [2.45, 2.75) is 12.9 Å². The van der Waals surface area contributed by atoms with Crippen LogP contribution in [0.15, 0.2) is 48.7 Å². The van der Waals surface area contributed by atoms with Crippen molar-refractivity contribution >= 4 is 22.7 Å². The number of rotatable bonds is 7. The summed E-state index contributed by atoms with van der Waals surface area (Å²) in [6.07, 6.45) is -3.47. The standard InChI is InChI=1S/C24H19F4N5O4/c1-29-22(35)20-16-5-3-12(9-19(16)32-33-20)13-8-17(23(36-2)31-10-13)21(34)30-11-14-7-15(4-6-18(14)25)37-24(26,27)28/h3-10H,11H2,1-2H3,(H,29,35)(H,30,34)(H,32,33). The average molecular weight is 517 g/mol. The molecule has 0 saturated carbocycles. The molecule has 0 atom stereocenters. The maximum Gasteiger partial charge on any atom is 0.573 e. The smallest absolute Gasteiger partial charge is 0.480 e. The highest BCUT2D eigenvalue weighted by atomic mass is 19.4. The van der Waals surface area contributed by atoms with Gasteiger partial charge >= 0.3 is 6.36 Å². The lowest BCUT2D eigenvalue weighted by molar-refractivity contribution is -0.274. The van der Waals surface area contributed by atoms with E-state index in [9.17, 15) is 27.2 Å². The Bertz CT molecular complexity index is 1490. The molecule has 37 heavy (non-hydrogen) atoms. The minimum atomic E-state index is -4.94. The molecule has 4 aromatic rings. The molecular weight excluding hydrogens is 498 g/mol. The third-order valence-corrected chi connectivity index (χ3v) is 5.32. The summed E-state index contributed by atoms with van der Waals surface area (Å²) in [5.41, 5.74) is 1.78. The Morgan fingerprint density at radius 3 is 2.54 bits per heavy atom. The molecule has 0 aliphatic heterocycles. The third-order valence-electron chi connectivity index (χ3n) is 5.32. The van der Waals surface area contributed by atoms with Crippen molar-refractivity contribution in [3.05, 3.63) is 71.3 Å². The zero-order valence-electron chi connectivity index (χ0n) is 19.4. The highest BCUT2D eigenvalue weighted by Gasteiger charge is 2.31. The first-order valence-electron chi connectivity index (χ1n) is 10.7. The Balaban J connectivity index is 1.58. The number of amides is 2. The first-order valence-corrected chi connectivity index (χ1v) is 10.7. The van der Waals surface area contributed by atoms with Gasteiger partial charge in [-0.25, -0.2) is 9.37 Å². The first kappa shape index (κ1) is 25.4. The Hall–Kier alpha value is -4.68. The normalized spacial score (nSPS) is 11.3. The molecule has 0 radical (unpaired) electrons. The van der Waals surface area contributed by atoms with Crippen LogP contribution in [0.2, 0.25) is 0 Å². The van der Waals surface area contributed by atoms with E-state index in [4.69, 9.17) is 4.74 Å². The second-order valence-corrected chi connectivity index (χ2v) is 7.68. The fourth-order valence-corrected chi connectivity index (χ4v) is 3.58. The summed E-state index contributed by atoms with van der Waals surface area (Å²) in [5, 5.41) is 12.4. The number of carbonyl (C=O) groups is 2. The van der Waals surface area contributed by atoms with Gasteiger partial charge in [0.15, 0.2) is 5.69 Å². The van der Waals surface area contributed by atoms with Crippen molar-refractivity contribution in [2.24, 2.45) is 0 Å². The molecule has 0 aliphatic rings. The predicted molar refractivity (Wildman–Crippen MR) is 124 cm³/mol. The van der Waals surface area contributed by atoms with Crippen molar-refractivity contribution in [3.8, 4) is 22.8 Å². The van der Waals surface area contributed by atoms with Gasteiger partial charge in [-0.05, 0) is 42.0 Å². The van der Waals surface area contributed by atoms with Gasteiger partial charge in [-0.3, -0.25) is 14.7 Å². The summed E-state index contributed by atoms with van der Waals surface area (Å²) >= 11 is 0. The lowest BCUT2D eigenvalue weighted by Crippen LogP contribution is -2.24. The highest BCUT2D eigenvalue weighted by molar-refractivity contribution is 6.05. The van der Waals surface area contributed by atoms with E-state index in [0.717, 1.165) is 18.2 Å². The fourth-order valence-electron chi connectivity index (χ4n) is 3.58. The summed E-state index contributed by atoms with van der Waals surface area (Å²) in [6.45, 7) is -0.421. The number of halogens is 4. The SMILES string of the molecule is CNC(=O)c1n[nH]c2cc(-c3cnc(OC)c(C(=O)NCc4cc(OC(F)(F)F)ccc4F)c3)ccc12. The van der Waals surface area contributed by atoms with Crippen LogP contribution in [0, 0.1) is 5.82 Å². The summed E-state index contributed by atoms with van der Waals surface area (Å²) in [4.78, 5) is 29.0. The molecule has 4 rings (SSSR count). The number of nitrogens with zero attached hydrogens (tertiary/aromatic N) is 2. The highest BCUT2D eigenvalue weighted by Crippen LogP contribution is 2.28. The monoisotopic (exact) mass is 517 g/mol. The van der Waals surface area contributed by atoms with Gasteiger partial charge in [0.1, 0.15) is 17.1 Å². The molecule has 3 N–H and O–H groups in total. The molecule has 0 spiro atoms. The third kappa shape index (κ3) is 5.60. The van der Waals surface area contributed by atoms with Gasteiger partial charge in [0.2, 0.25) is 5.88 Å². The van der Waals surface area contributed by atoms with E-state index in [1.807, 2.05) is 0 Å². The van der Waals surface area contributed by atoms with Crippen molar-refractivity contribution in [3.63, 3.8) is 0 Å². The van der Waals surface area contributed by atoms with Crippen molar-refractivity contribution in [1.82, 2.24) is 25.8 Å². The Kier molecular flexibility index (Phi) is 6.96. The summed E-state index contributed by atoms with van der Waals surface area (Å²) in [6, 6.07) is 9.13. The number of ether oxygens (including phenoxy) is 2. The van der Waals surface area contributed by atoms with E-state index in [-0.39, 0.29) is 28.6 Å². The molecule has 0 aliphatic carbocycles. The summed E-state index contributed by atoms with van der Waals surface area (Å²) in [5.74, 6) is -2.50. The second kappa shape index (κ2) is 10.1. The number of carbonyl (C=O) groups excluding carboxylic acids is 2. The van der Waals surface area contributed by atoms with E-state index < -0.39 is 30.4 Å². The van der Waals surface area contributed by atoms with Crippen molar-refractivity contribution < 1.29 is 36.6 Å². The second-order valence-electron chi connectivity index (χ2n) is 7.68. The van der Waals surface area contributed by atoms with E-state index in [0.29, 0.717) is 22.0 Å². The first-order chi connectivity index (χ1) is 17.6. The van der Waals surface area contributed by atoms with Crippen LogP contribution < -0.4 is 20.1 Å². The zero-order valence-corrected chi connectivity index (χ0v) is 19.4. The van der Waals surface area contributed by atoms with E-state index in [2.05, 4.69) is 30.6 Å². The van der Waals surface area contributed by atoms with Gasteiger partial charge in [0, 0.05) is 36.3 Å². The van der Waals surface area contributed by atoms with Crippen molar-refractivity contribution in [2.75, 3.05) is 14.2 Å². The molecule has 9 nitrogen and oxygen atoms in total. The number of hydrogen-bond acceptors (Lipinski definition) is 6. The van der Waals surface area contributed by atoms with Crippen LogP contribution in [0.3, 0.4) is 0 Å². The number of methoxy groups -OCH3 is 1. The van der Waals surface area contributed by atoms with E-state index >= 15 is 0 Å². The quantitative estimate of drug-likeness (QED) is 0.320. The number of aromatic nitrogens is 3. The molecule has 0 fully saturated rings. The van der Waals surface area contributed by atoms with Crippen LogP contribution in [0.25, 0.3) is 22.0 Å². The van der Waals surface area contributed by atoms with Gasteiger partial charge in [-0.1, -0.05) is 6.07 Å².